The second-order valence-electron chi connectivity index (χ2n) is 5.71. The molecule has 0 fully saturated rings. The van der Waals surface area contributed by atoms with Gasteiger partial charge in [0.15, 0.2) is 0 Å². The molecule has 0 radical (unpaired) electrons. The molecule has 1 unspecified atom stereocenters. The number of unbranched alkanes of at least 4 members (excludes halogenated alkanes) is 3. The Morgan fingerprint density at radius 2 is 1.67 bits per heavy atom. The van der Waals surface area contributed by atoms with Crippen molar-refractivity contribution in [3.8, 4) is 0 Å². The van der Waals surface area contributed by atoms with E-state index >= 15 is 0 Å². The van der Waals surface area contributed by atoms with Crippen LogP contribution in [-0.2, 0) is 20.6 Å². The number of carbonyl (C=O) groups is 2. The molecule has 24 heavy (non-hydrogen) atoms. The predicted octanol–water partition coefficient (Wildman–Crippen LogP) is 1.93. The number of carboxylic acid groups (broad SMARTS) is 1. The van der Waals surface area contributed by atoms with Gasteiger partial charge in [-0.2, -0.15) is 0 Å². The first kappa shape index (κ1) is 20.4. The van der Waals surface area contributed by atoms with Gasteiger partial charge in [-0.15, -0.1) is 0 Å². The quantitative estimate of drug-likeness (QED) is 0.354. The summed E-state index contributed by atoms with van der Waals surface area (Å²) in [4.78, 5) is 40.6. The van der Waals surface area contributed by atoms with Gasteiger partial charge < -0.3 is 20.2 Å². The lowest BCUT2D eigenvalue weighted by Crippen LogP contribution is -2.41. The zero-order valence-electron chi connectivity index (χ0n) is 13.4. The SMILES string of the molecule is O=C(Cc1ccccc1)NC(CCCCCCP(=O)(O)O)C(=O)O. The Balaban J connectivity index is 2.30. The molecule has 0 aliphatic heterocycles. The summed E-state index contributed by atoms with van der Waals surface area (Å²) in [6.07, 6.45) is 2.54. The topological polar surface area (TPSA) is 124 Å². The normalized spacial score (nSPS) is 12.6. The van der Waals surface area contributed by atoms with Gasteiger partial charge >= 0.3 is 13.6 Å². The fourth-order valence-corrected chi connectivity index (χ4v) is 2.94. The number of benzene rings is 1. The van der Waals surface area contributed by atoms with E-state index in [1.54, 1.807) is 12.1 Å². The van der Waals surface area contributed by atoms with Crippen molar-refractivity contribution >= 4 is 19.5 Å². The molecule has 8 heteroatoms. The largest absolute Gasteiger partial charge is 0.480 e. The van der Waals surface area contributed by atoms with Crippen LogP contribution in [0.25, 0.3) is 0 Å². The van der Waals surface area contributed by atoms with Gasteiger partial charge in [0.1, 0.15) is 6.04 Å². The summed E-state index contributed by atoms with van der Waals surface area (Å²) in [5, 5.41) is 11.7. The summed E-state index contributed by atoms with van der Waals surface area (Å²) in [5.41, 5.74) is 0.816. The molecule has 7 nitrogen and oxygen atoms in total. The molecule has 0 saturated heterocycles. The minimum atomic E-state index is -3.95. The second kappa shape index (κ2) is 10.2. The highest BCUT2D eigenvalue weighted by Crippen LogP contribution is 2.35. The third-order valence-electron chi connectivity index (χ3n) is 3.53. The first-order valence-corrected chi connectivity index (χ1v) is 9.68. The van der Waals surface area contributed by atoms with Crippen molar-refractivity contribution in [2.24, 2.45) is 0 Å². The molecule has 0 saturated carbocycles. The molecule has 1 aromatic carbocycles. The third-order valence-corrected chi connectivity index (χ3v) is 4.43. The van der Waals surface area contributed by atoms with Crippen LogP contribution < -0.4 is 5.32 Å². The average Bonchev–Trinajstić information content (AvgIpc) is 2.49. The molecule has 134 valence electrons. The van der Waals surface area contributed by atoms with Gasteiger partial charge in [0.05, 0.1) is 6.42 Å². The molecular formula is C16H24NO6P. The number of carboxylic acids is 1. The lowest BCUT2D eigenvalue weighted by atomic mass is 10.1. The number of nitrogens with one attached hydrogen (secondary N) is 1. The van der Waals surface area contributed by atoms with Gasteiger partial charge in [-0.3, -0.25) is 9.36 Å². The van der Waals surface area contributed by atoms with Crippen LogP contribution in [0.5, 0.6) is 0 Å². The zero-order valence-corrected chi connectivity index (χ0v) is 14.3. The molecule has 0 aromatic heterocycles. The first-order chi connectivity index (χ1) is 11.3. The minimum Gasteiger partial charge on any atom is -0.480 e. The fraction of sp³-hybridized carbons (Fsp3) is 0.500. The van der Waals surface area contributed by atoms with Gasteiger partial charge in [0.2, 0.25) is 5.91 Å². The molecule has 0 heterocycles. The summed E-state index contributed by atoms with van der Waals surface area (Å²) >= 11 is 0. The van der Waals surface area contributed by atoms with Crippen molar-refractivity contribution in [2.75, 3.05) is 6.16 Å². The van der Waals surface area contributed by atoms with Gasteiger partial charge in [0, 0.05) is 6.16 Å². The van der Waals surface area contributed by atoms with Crippen LogP contribution in [0.15, 0.2) is 30.3 Å². The molecule has 4 N–H and O–H groups in total. The van der Waals surface area contributed by atoms with Gasteiger partial charge in [-0.05, 0) is 18.4 Å². The van der Waals surface area contributed by atoms with Crippen molar-refractivity contribution in [1.29, 1.82) is 0 Å². The Labute approximate surface area is 141 Å². The van der Waals surface area contributed by atoms with Crippen LogP contribution in [0.1, 0.15) is 37.7 Å². The van der Waals surface area contributed by atoms with Crippen molar-refractivity contribution in [1.82, 2.24) is 5.32 Å². The van der Waals surface area contributed by atoms with Gasteiger partial charge in [0.25, 0.3) is 0 Å². The van der Waals surface area contributed by atoms with Crippen molar-refractivity contribution < 1.29 is 29.0 Å². The van der Waals surface area contributed by atoms with Crippen molar-refractivity contribution in [3.63, 3.8) is 0 Å². The summed E-state index contributed by atoms with van der Waals surface area (Å²) in [6.45, 7) is 0. The number of amides is 1. The third kappa shape index (κ3) is 9.45. The molecule has 0 bridgehead atoms. The van der Waals surface area contributed by atoms with Crippen LogP contribution in [-0.4, -0.2) is 39.0 Å². The standard InChI is InChI=1S/C16H24NO6P/c18-15(12-13-8-4-3-5-9-13)17-14(16(19)20)10-6-1-2-7-11-24(21,22)23/h3-5,8-9,14H,1-2,6-7,10-12H2,(H,17,18)(H,19,20)(H2,21,22,23). The van der Waals surface area contributed by atoms with Gasteiger partial charge in [-0.1, -0.05) is 49.6 Å². The van der Waals surface area contributed by atoms with Crippen LogP contribution >= 0.6 is 7.60 Å². The summed E-state index contributed by atoms with van der Waals surface area (Å²) in [6, 6.07) is 8.13. The molecule has 0 spiro atoms. The maximum Gasteiger partial charge on any atom is 0.326 e. The Hall–Kier alpha value is -1.69. The number of hydrogen-bond donors (Lipinski definition) is 4. The highest BCUT2D eigenvalue weighted by atomic mass is 31.2. The highest BCUT2D eigenvalue weighted by molar-refractivity contribution is 7.51. The lowest BCUT2D eigenvalue weighted by Gasteiger charge is -2.14. The van der Waals surface area contributed by atoms with E-state index in [9.17, 15) is 19.3 Å². The summed E-state index contributed by atoms with van der Waals surface area (Å²) in [7, 11) is -3.95. The van der Waals surface area contributed by atoms with E-state index in [2.05, 4.69) is 5.32 Å². The van der Waals surface area contributed by atoms with E-state index in [0.717, 1.165) is 5.56 Å². The molecule has 1 rings (SSSR count). The number of hydrogen-bond acceptors (Lipinski definition) is 3. The van der Waals surface area contributed by atoms with E-state index in [-0.39, 0.29) is 18.5 Å². The number of carbonyl (C=O) groups excluding carboxylic acids is 1. The lowest BCUT2D eigenvalue weighted by molar-refractivity contribution is -0.142. The molecular weight excluding hydrogens is 333 g/mol. The number of aliphatic carboxylic acids is 1. The molecule has 1 atom stereocenters. The second-order valence-corrected chi connectivity index (χ2v) is 7.49. The minimum absolute atomic E-state index is 0.132. The summed E-state index contributed by atoms with van der Waals surface area (Å²) < 4.78 is 10.7. The van der Waals surface area contributed by atoms with Crippen LogP contribution in [0.3, 0.4) is 0 Å². The zero-order chi connectivity index (χ0) is 18.0. The van der Waals surface area contributed by atoms with E-state index < -0.39 is 19.6 Å². The Bertz CT molecular complexity index is 571. The Morgan fingerprint density at radius 3 is 2.25 bits per heavy atom. The fourth-order valence-electron chi connectivity index (χ4n) is 2.30. The molecule has 0 aliphatic rings. The number of rotatable bonds is 11. The van der Waals surface area contributed by atoms with E-state index in [4.69, 9.17) is 9.79 Å². The van der Waals surface area contributed by atoms with E-state index in [1.165, 1.54) is 0 Å². The smallest absolute Gasteiger partial charge is 0.326 e. The van der Waals surface area contributed by atoms with E-state index in [1.807, 2.05) is 18.2 Å². The van der Waals surface area contributed by atoms with E-state index in [0.29, 0.717) is 32.1 Å². The molecule has 0 aliphatic carbocycles. The molecule has 1 amide bonds. The van der Waals surface area contributed by atoms with Crippen LogP contribution in [0, 0.1) is 0 Å². The molecule has 1 aromatic rings. The highest BCUT2D eigenvalue weighted by Gasteiger charge is 2.19. The maximum absolute atomic E-state index is 11.9. The first-order valence-electron chi connectivity index (χ1n) is 7.88. The monoisotopic (exact) mass is 357 g/mol. The van der Waals surface area contributed by atoms with Crippen molar-refractivity contribution in [3.05, 3.63) is 35.9 Å². The predicted molar refractivity (Wildman–Crippen MR) is 89.7 cm³/mol. The Morgan fingerprint density at radius 1 is 1.04 bits per heavy atom. The van der Waals surface area contributed by atoms with Crippen LogP contribution in [0.4, 0.5) is 0 Å². The maximum atomic E-state index is 11.9. The van der Waals surface area contributed by atoms with Gasteiger partial charge in [-0.25, -0.2) is 4.79 Å². The van der Waals surface area contributed by atoms with Crippen molar-refractivity contribution in [2.45, 2.75) is 44.6 Å². The van der Waals surface area contributed by atoms with Crippen LogP contribution in [0.2, 0.25) is 0 Å². The average molecular weight is 357 g/mol. The summed E-state index contributed by atoms with van der Waals surface area (Å²) in [5.74, 6) is -1.42. The Kier molecular flexibility index (Phi) is 8.68.